The van der Waals surface area contributed by atoms with E-state index in [2.05, 4.69) is 37.9 Å². The highest BCUT2D eigenvalue weighted by atomic mass is 79.9. The molecule has 0 aliphatic rings. The third-order valence-electron chi connectivity index (χ3n) is 1.58. The molecule has 0 fully saturated rings. The van der Waals surface area contributed by atoms with Crippen LogP contribution in [0.2, 0.25) is 0 Å². The average molecular weight is 289 g/mol. The summed E-state index contributed by atoms with van der Waals surface area (Å²) in [5.74, 6) is 0. The number of rotatable bonds is 2. The summed E-state index contributed by atoms with van der Waals surface area (Å²) in [6.07, 6.45) is 0.879. The number of alkyl halides is 1. The number of hydrogen-bond acceptors (Lipinski definition) is 1. The number of hydrogen-bond donors (Lipinski definition) is 0. The molecule has 0 saturated carbocycles. The van der Waals surface area contributed by atoms with Crippen molar-refractivity contribution in [1.82, 2.24) is 0 Å². The first-order chi connectivity index (χ1) is 5.79. The fourth-order valence-electron chi connectivity index (χ4n) is 1.01. The SMILES string of the molecule is N#Cc1cccc(Br)c1CCBr. The largest absolute Gasteiger partial charge is 0.192 e. The van der Waals surface area contributed by atoms with E-state index in [4.69, 9.17) is 5.26 Å². The topological polar surface area (TPSA) is 23.8 Å². The van der Waals surface area contributed by atoms with E-state index in [1.807, 2.05) is 18.2 Å². The van der Waals surface area contributed by atoms with Crippen LogP contribution in [0.3, 0.4) is 0 Å². The Labute approximate surface area is 88.7 Å². The molecule has 3 heteroatoms. The monoisotopic (exact) mass is 287 g/mol. The molecule has 0 radical (unpaired) electrons. The predicted octanol–water partition coefficient (Wildman–Crippen LogP) is 3.26. The molecule has 0 amide bonds. The van der Waals surface area contributed by atoms with Crippen molar-refractivity contribution in [2.24, 2.45) is 0 Å². The lowest BCUT2D eigenvalue weighted by molar-refractivity contribution is 1.14. The number of halogens is 2. The van der Waals surface area contributed by atoms with Crippen molar-refractivity contribution >= 4 is 31.9 Å². The highest BCUT2D eigenvalue weighted by molar-refractivity contribution is 9.10. The van der Waals surface area contributed by atoms with Gasteiger partial charge in [0.15, 0.2) is 0 Å². The normalized spacial score (nSPS) is 9.42. The zero-order valence-corrected chi connectivity index (χ0v) is 9.52. The van der Waals surface area contributed by atoms with Gasteiger partial charge in [-0.2, -0.15) is 5.26 Å². The van der Waals surface area contributed by atoms with Gasteiger partial charge in [0.25, 0.3) is 0 Å². The van der Waals surface area contributed by atoms with Crippen LogP contribution in [0.5, 0.6) is 0 Å². The highest BCUT2D eigenvalue weighted by Gasteiger charge is 2.04. The summed E-state index contributed by atoms with van der Waals surface area (Å²) < 4.78 is 1.01. The molecule has 0 aliphatic heterocycles. The van der Waals surface area contributed by atoms with Crippen LogP contribution in [0.25, 0.3) is 0 Å². The maximum atomic E-state index is 8.78. The second-order valence-electron chi connectivity index (χ2n) is 2.32. The maximum Gasteiger partial charge on any atom is 0.0994 e. The van der Waals surface area contributed by atoms with Gasteiger partial charge in [-0.15, -0.1) is 0 Å². The standard InChI is InChI=1S/C9H7Br2N/c10-5-4-8-7(6-12)2-1-3-9(8)11/h1-3H,4-5H2. The van der Waals surface area contributed by atoms with Crippen molar-refractivity contribution in [3.8, 4) is 6.07 Å². The van der Waals surface area contributed by atoms with Crippen molar-refractivity contribution in [2.75, 3.05) is 5.33 Å². The number of nitriles is 1. The predicted molar refractivity (Wildman–Crippen MR) is 56.4 cm³/mol. The van der Waals surface area contributed by atoms with E-state index in [-0.39, 0.29) is 0 Å². The van der Waals surface area contributed by atoms with Crippen LogP contribution in [0, 0.1) is 11.3 Å². The van der Waals surface area contributed by atoms with Crippen molar-refractivity contribution in [2.45, 2.75) is 6.42 Å². The van der Waals surface area contributed by atoms with Crippen molar-refractivity contribution in [3.05, 3.63) is 33.8 Å². The van der Waals surface area contributed by atoms with E-state index in [0.29, 0.717) is 0 Å². The molecule has 0 atom stereocenters. The van der Waals surface area contributed by atoms with E-state index >= 15 is 0 Å². The fraction of sp³-hybridized carbons (Fsp3) is 0.222. The second kappa shape index (κ2) is 4.64. The molecule has 62 valence electrons. The van der Waals surface area contributed by atoms with E-state index in [1.54, 1.807) is 0 Å². The average Bonchev–Trinajstić information content (AvgIpc) is 2.09. The van der Waals surface area contributed by atoms with Crippen LogP contribution in [-0.2, 0) is 6.42 Å². The molecule has 0 N–H and O–H groups in total. The van der Waals surface area contributed by atoms with Crippen molar-refractivity contribution in [1.29, 1.82) is 5.26 Å². The van der Waals surface area contributed by atoms with Crippen LogP contribution in [-0.4, -0.2) is 5.33 Å². The minimum Gasteiger partial charge on any atom is -0.192 e. The Hall–Kier alpha value is -0.330. The zero-order chi connectivity index (χ0) is 8.97. The first-order valence-electron chi connectivity index (χ1n) is 3.53. The van der Waals surface area contributed by atoms with Crippen LogP contribution < -0.4 is 0 Å². The Balaban J connectivity index is 3.13. The third-order valence-corrected chi connectivity index (χ3v) is 2.72. The minimum atomic E-state index is 0.754. The Bertz CT molecular complexity index is 315. The van der Waals surface area contributed by atoms with E-state index in [1.165, 1.54) is 0 Å². The maximum absolute atomic E-state index is 8.78. The lowest BCUT2D eigenvalue weighted by Gasteiger charge is -2.03. The molecular weight excluding hydrogens is 282 g/mol. The quantitative estimate of drug-likeness (QED) is 0.767. The fourth-order valence-corrected chi connectivity index (χ4v) is 1.97. The van der Waals surface area contributed by atoms with Gasteiger partial charge in [0.1, 0.15) is 0 Å². The molecule has 1 rings (SSSR count). The highest BCUT2D eigenvalue weighted by Crippen LogP contribution is 2.21. The Kier molecular flexibility index (Phi) is 3.77. The van der Waals surface area contributed by atoms with Crippen molar-refractivity contribution < 1.29 is 0 Å². The molecule has 12 heavy (non-hydrogen) atoms. The van der Waals surface area contributed by atoms with Crippen LogP contribution in [0.1, 0.15) is 11.1 Å². The van der Waals surface area contributed by atoms with Crippen molar-refractivity contribution in [3.63, 3.8) is 0 Å². The van der Waals surface area contributed by atoms with E-state index in [9.17, 15) is 0 Å². The van der Waals surface area contributed by atoms with E-state index in [0.717, 1.165) is 27.4 Å². The number of benzene rings is 1. The summed E-state index contributed by atoms with van der Waals surface area (Å²) in [5.41, 5.74) is 1.83. The second-order valence-corrected chi connectivity index (χ2v) is 3.96. The Morgan fingerprint density at radius 3 is 2.75 bits per heavy atom. The molecule has 1 aromatic carbocycles. The van der Waals surface area contributed by atoms with Gasteiger partial charge in [-0.05, 0) is 24.1 Å². The summed E-state index contributed by atoms with van der Waals surface area (Å²) >= 11 is 6.77. The Morgan fingerprint density at radius 1 is 1.42 bits per heavy atom. The zero-order valence-electron chi connectivity index (χ0n) is 6.35. The van der Waals surface area contributed by atoms with Crippen LogP contribution in [0.15, 0.2) is 22.7 Å². The van der Waals surface area contributed by atoms with Gasteiger partial charge in [0.05, 0.1) is 11.6 Å². The molecule has 1 aromatic rings. The van der Waals surface area contributed by atoms with Gasteiger partial charge in [0.2, 0.25) is 0 Å². The molecule has 0 saturated heterocycles. The number of nitrogens with zero attached hydrogens (tertiary/aromatic N) is 1. The van der Waals surface area contributed by atoms with Gasteiger partial charge in [-0.1, -0.05) is 37.9 Å². The smallest absolute Gasteiger partial charge is 0.0994 e. The van der Waals surface area contributed by atoms with Gasteiger partial charge in [-0.3, -0.25) is 0 Å². The summed E-state index contributed by atoms with van der Waals surface area (Å²) in [7, 11) is 0. The molecule has 0 heterocycles. The molecule has 0 unspecified atom stereocenters. The summed E-state index contributed by atoms with van der Waals surface area (Å²) in [4.78, 5) is 0. The molecular formula is C9H7Br2N. The minimum absolute atomic E-state index is 0.754. The lowest BCUT2D eigenvalue weighted by Crippen LogP contribution is -1.92. The van der Waals surface area contributed by atoms with Crippen LogP contribution >= 0.6 is 31.9 Å². The van der Waals surface area contributed by atoms with Gasteiger partial charge >= 0.3 is 0 Å². The molecule has 0 bridgehead atoms. The van der Waals surface area contributed by atoms with Crippen LogP contribution in [0.4, 0.5) is 0 Å². The van der Waals surface area contributed by atoms with Gasteiger partial charge < -0.3 is 0 Å². The molecule has 0 aliphatic carbocycles. The lowest BCUT2D eigenvalue weighted by atomic mass is 10.1. The first kappa shape index (κ1) is 9.76. The Morgan fingerprint density at radius 2 is 2.17 bits per heavy atom. The summed E-state index contributed by atoms with van der Waals surface area (Å²) in [6, 6.07) is 7.84. The molecule has 0 aromatic heterocycles. The summed E-state index contributed by atoms with van der Waals surface area (Å²) in [6.45, 7) is 0. The van der Waals surface area contributed by atoms with E-state index < -0.39 is 0 Å². The summed E-state index contributed by atoms with van der Waals surface area (Å²) in [5, 5.41) is 9.66. The van der Waals surface area contributed by atoms with Gasteiger partial charge in [-0.25, -0.2) is 0 Å². The molecule has 1 nitrogen and oxygen atoms in total. The van der Waals surface area contributed by atoms with Gasteiger partial charge in [0, 0.05) is 9.80 Å². The molecule has 0 spiro atoms. The first-order valence-corrected chi connectivity index (χ1v) is 5.44. The third kappa shape index (κ3) is 2.09.